The van der Waals surface area contributed by atoms with E-state index < -0.39 is 0 Å². The molecule has 0 aromatic rings. The van der Waals surface area contributed by atoms with E-state index in [2.05, 4.69) is 20.0 Å². The Balaban J connectivity index is 0. The molecule has 0 bridgehead atoms. The largest absolute Gasteiger partial charge is 0.234 e. The average Bonchev–Trinajstić information content (AvgIpc) is 2.87. The Kier molecular flexibility index (Phi) is 35.8. The molecule has 0 unspecified atom stereocenters. The van der Waals surface area contributed by atoms with Gasteiger partial charge in [-0.2, -0.15) is 0 Å². The van der Waals surface area contributed by atoms with E-state index in [0.717, 1.165) is 51.4 Å². The van der Waals surface area contributed by atoms with E-state index in [-0.39, 0.29) is 0 Å². The third kappa shape index (κ3) is 39.1. The van der Waals surface area contributed by atoms with E-state index in [0.29, 0.717) is 26.2 Å². The van der Waals surface area contributed by atoms with Gasteiger partial charge in [-0.1, -0.05) is 96.3 Å². The highest BCUT2D eigenvalue weighted by Gasteiger charge is 1.94. The molecular formula is C27H46N4O4. The van der Waals surface area contributed by atoms with Gasteiger partial charge in [0.15, 0.2) is 0 Å². The first-order valence-electron chi connectivity index (χ1n) is 13.5. The standard InChI is InChI=1S/C14H24N2O2.C13H22N2O2/c17-13-15-11-9-7-5-3-1-2-4-6-8-10-12-16-14-18;16-12-14-10-8-6-4-2-1-3-5-7-9-11-15-13-17/h1-12H2;1-11H2. The summed E-state index contributed by atoms with van der Waals surface area (Å²) in [5.41, 5.74) is 0. The van der Waals surface area contributed by atoms with Gasteiger partial charge in [-0.15, -0.1) is 0 Å². The van der Waals surface area contributed by atoms with Crippen LogP contribution in [0.1, 0.15) is 122 Å². The molecule has 0 rings (SSSR count). The van der Waals surface area contributed by atoms with Crippen LogP contribution < -0.4 is 0 Å². The first kappa shape index (κ1) is 34.7. The summed E-state index contributed by atoms with van der Waals surface area (Å²) in [5.74, 6) is 0. The monoisotopic (exact) mass is 490 g/mol. The summed E-state index contributed by atoms with van der Waals surface area (Å²) in [6.07, 6.45) is 28.7. The van der Waals surface area contributed by atoms with Gasteiger partial charge in [0.25, 0.3) is 0 Å². The maximum absolute atomic E-state index is 9.81. The van der Waals surface area contributed by atoms with Crippen LogP contribution in [-0.4, -0.2) is 50.5 Å². The van der Waals surface area contributed by atoms with E-state index in [1.165, 1.54) is 70.6 Å². The van der Waals surface area contributed by atoms with Crippen molar-refractivity contribution in [3.63, 3.8) is 0 Å². The van der Waals surface area contributed by atoms with Crippen molar-refractivity contribution >= 4 is 24.3 Å². The Morgan fingerprint density at radius 3 is 0.543 bits per heavy atom. The quantitative estimate of drug-likeness (QED) is 0.0800. The van der Waals surface area contributed by atoms with Gasteiger partial charge in [-0.3, -0.25) is 0 Å². The number of nitrogens with zero attached hydrogens (tertiary/aromatic N) is 4. The van der Waals surface area contributed by atoms with E-state index in [1.54, 1.807) is 24.3 Å². The van der Waals surface area contributed by atoms with E-state index in [9.17, 15) is 19.2 Å². The van der Waals surface area contributed by atoms with Crippen molar-refractivity contribution in [2.24, 2.45) is 20.0 Å². The van der Waals surface area contributed by atoms with Gasteiger partial charge >= 0.3 is 0 Å². The molecule has 0 radical (unpaired) electrons. The highest BCUT2D eigenvalue weighted by atomic mass is 16.1. The lowest BCUT2D eigenvalue weighted by molar-refractivity contribution is 0.547. The molecule has 0 spiro atoms. The third-order valence-corrected chi connectivity index (χ3v) is 5.59. The fraction of sp³-hybridized carbons (Fsp3) is 0.852. The molecule has 0 fully saturated rings. The van der Waals surface area contributed by atoms with Crippen LogP contribution in [0.3, 0.4) is 0 Å². The summed E-state index contributed by atoms with van der Waals surface area (Å²) < 4.78 is 0. The summed E-state index contributed by atoms with van der Waals surface area (Å²) in [5, 5.41) is 0. The van der Waals surface area contributed by atoms with Crippen molar-refractivity contribution in [2.75, 3.05) is 26.2 Å². The molecule has 0 aliphatic rings. The van der Waals surface area contributed by atoms with Crippen LogP contribution in [0.5, 0.6) is 0 Å². The van der Waals surface area contributed by atoms with Crippen LogP contribution in [0, 0.1) is 0 Å². The second kappa shape index (κ2) is 36.1. The van der Waals surface area contributed by atoms with Gasteiger partial charge in [0.2, 0.25) is 24.3 Å². The summed E-state index contributed by atoms with van der Waals surface area (Å²) >= 11 is 0. The highest BCUT2D eigenvalue weighted by Crippen LogP contribution is 2.11. The van der Waals surface area contributed by atoms with Crippen molar-refractivity contribution in [1.29, 1.82) is 0 Å². The molecule has 35 heavy (non-hydrogen) atoms. The number of unbranched alkanes of at least 4 members (excludes halogenated alkanes) is 17. The normalized spacial score (nSPS) is 9.49. The van der Waals surface area contributed by atoms with Crippen LogP contribution in [0.4, 0.5) is 0 Å². The minimum atomic E-state index is 0.626. The summed E-state index contributed by atoms with van der Waals surface area (Å²) in [7, 11) is 0. The van der Waals surface area contributed by atoms with Gasteiger partial charge in [0.1, 0.15) is 0 Å². The number of isocyanates is 4. The second-order valence-corrected chi connectivity index (χ2v) is 8.61. The Bertz CT molecular complexity index is 577. The smallest absolute Gasteiger partial charge is 0.211 e. The van der Waals surface area contributed by atoms with Gasteiger partial charge in [-0.25, -0.2) is 39.1 Å². The van der Waals surface area contributed by atoms with Gasteiger partial charge < -0.3 is 0 Å². The number of aliphatic imine (C=N–C) groups is 4. The number of hydrogen-bond acceptors (Lipinski definition) is 8. The van der Waals surface area contributed by atoms with Gasteiger partial charge in [-0.05, 0) is 25.7 Å². The number of hydrogen-bond donors (Lipinski definition) is 0. The lowest BCUT2D eigenvalue weighted by Gasteiger charge is -2.01. The first-order chi connectivity index (χ1) is 17.3. The minimum absolute atomic E-state index is 0.626. The molecule has 0 aliphatic heterocycles. The van der Waals surface area contributed by atoms with Crippen molar-refractivity contribution in [2.45, 2.75) is 122 Å². The van der Waals surface area contributed by atoms with Crippen molar-refractivity contribution < 1.29 is 19.2 Å². The van der Waals surface area contributed by atoms with E-state index in [4.69, 9.17) is 0 Å². The molecule has 8 heteroatoms. The Morgan fingerprint density at radius 1 is 0.257 bits per heavy atom. The summed E-state index contributed by atoms with van der Waals surface area (Å²) in [6.45, 7) is 2.51. The molecule has 0 N–H and O–H groups in total. The molecule has 0 aromatic heterocycles. The van der Waals surface area contributed by atoms with E-state index in [1.807, 2.05) is 0 Å². The molecule has 0 atom stereocenters. The molecule has 0 saturated heterocycles. The van der Waals surface area contributed by atoms with Crippen LogP contribution >= 0.6 is 0 Å². The zero-order valence-corrected chi connectivity index (χ0v) is 21.7. The summed E-state index contributed by atoms with van der Waals surface area (Å²) in [6, 6.07) is 0. The van der Waals surface area contributed by atoms with Gasteiger partial charge in [0, 0.05) is 0 Å². The van der Waals surface area contributed by atoms with Crippen LogP contribution in [0.25, 0.3) is 0 Å². The molecule has 0 heterocycles. The molecular weight excluding hydrogens is 444 g/mol. The zero-order valence-electron chi connectivity index (χ0n) is 21.7. The van der Waals surface area contributed by atoms with Crippen LogP contribution in [0.2, 0.25) is 0 Å². The van der Waals surface area contributed by atoms with Crippen LogP contribution in [-0.2, 0) is 19.2 Å². The van der Waals surface area contributed by atoms with Gasteiger partial charge in [0.05, 0.1) is 26.2 Å². The Morgan fingerprint density at radius 2 is 0.400 bits per heavy atom. The number of rotatable bonds is 25. The second-order valence-electron chi connectivity index (χ2n) is 8.61. The molecule has 198 valence electrons. The SMILES string of the molecule is O=C=NCCCCCCCCCCCCN=C=O.O=C=NCCCCCCCCCCCN=C=O. The zero-order chi connectivity index (χ0) is 25.9. The molecule has 8 nitrogen and oxygen atoms in total. The molecule has 0 aromatic carbocycles. The van der Waals surface area contributed by atoms with Crippen molar-refractivity contribution in [1.82, 2.24) is 0 Å². The maximum Gasteiger partial charge on any atom is 0.234 e. The fourth-order valence-corrected chi connectivity index (χ4v) is 3.60. The lowest BCUT2D eigenvalue weighted by Crippen LogP contribution is -1.85. The Hall–Kier alpha value is -2.48. The number of carbonyl (C=O) groups excluding carboxylic acids is 4. The summed E-state index contributed by atoms with van der Waals surface area (Å²) in [4.78, 5) is 53.3. The fourth-order valence-electron chi connectivity index (χ4n) is 3.60. The predicted octanol–water partition coefficient (Wildman–Crippen LogP) is 6.73. The molecule has 0 amide bonds. The first-order valence-corrected chi connectivity index (χ1v) is 13.5. The predicted molar refractivity (Wildman–Crippen MR) is 140 cm³/mol. The van der Waals surface area contributed by atoms with E-state index >= 15 is 0 Å². The lowest BCUT2D eigenvalue weighted by atomic mass is 10.1. The maximum atomic E-state index is 9.81. The minimum Gasteiger partial charge on any atom is -0.211 e. The van der Waals surface area contributed by atoms with Crippen molar-refractivity contribution in [3.8, 4) is 0 Å². The Labute approximate surface area is 211 Å². The average molecular weight is 491 g/mol. The molecule has 0 aliphatic carbocycles. The molecule has 0 saturated carbocycles. The van der Waals surface area contributed by atoms with Crippen LogP contribution in [0.15, 0.2) is 20.0 Å². The van der Waals surface area contributed by atoms with Crippen molar-refractivity contribution in [3.05, 3.63) is 0 Å². The third-order valence-electron chi connectivity index (χ3n) is 5.59. The highest BCUT2D eigenvalue weighted by molar-refractivity contribution is 5.33. The topological polar surface area (TPSA) is 118 Å².